The van der Waals surface area contributed by atoms with E-state index in [0.29, 0.717) is 13.0 Å². The lowest BCUT2D eigenvalue weighted by Gasteiger charge is -2.21. The van der Waals surface area contributed by atoms with Crippen molar-refractivity contribution in [1.29, 1.82) is 0 Å². The Morgan fingerprint density at radius 3 is 2.46 bits per heavy atom. The monoisotopic (exact) mass is 405 g/mol. The molecule has 0 spiro atoms. The molecule has 0 aromatic heterocycles. The van der Waals surface area contributed by atoms with Gasteiger partial charge in [-0.2, -0.15) is 0 Å². The highest BCUT2D eigenvalue weighted by atomic mass is 32.2. The number of benzene rings is 2. The summed E-state index contributed by atoms with van der Waals surface area (Å²) in [6, 6.07) is 13.3. The van der Waals surface area contributed by atoms with E-state index >= 15 is 0 Å². The Morgan fingerprint density at radius 2 is 1.86 bits per heavy atom. The molecule has 2 aromatic carbocycles. The number of carbonyl (C=O) groups excluding carboxylic acids is 1. The molecule has 0 aliphatic rings. The zero-order valence-electron chi connectivity index (χ0n) is 15.8. The third-order valence-electron chi connectivity index (χ3n) is 4.10. The summed E-state index contributed by atoms with van der Waals surface area (Å²) in [4.78, 5) is 22.5. The van der Waals surface area contributed by atoms with Gasteiger partial charge >= 0.3 is 0 Å². The largest absolute Gasteiger partial charge is 0.355 e. The zero-order chi connectivity index (χ0) is 20.7. The highest BCUT2D eigenvalue weighted by molar-refractivity contribution is 7.92. The molecule has 9 heteroatoms. The van der Waals surface area contributed by atoms with Crippen molar-refractivity contribution in [3.05, 3.63) is 69.8 Å². The minimum atomic E-state index is -3.78. The normalized spacial score (nSPS) is 11.1. The molecular weight excluding hydrogens is 382 g/mol. The van der Waals surface area contributed by atoms with E-state index in [9.17, 15) is 23.3 Å². The van der Waals surface area contributed by atoms with Crippen molar-refractivity contribution in [2.24, 2.45) is 0 Å². The van der Waals surface area contributed by atoms with Crippen LogP contribution >= 0.6 is 0 Å². The maximum atomic E-state index is 12.2. The molecule has 1 amide bonds. The summed E-state index contributed by atoms with van der Waals surface area (Å²) in [5, 5.41) is 13.6. The second kappa shape index (κ2) is 9.32. The highest BCUT2D eigenvalue weighted by Gasteiger charge is 2.22. The molecule has 28 heavy (non-hydrogen) atoms. The standard InChI is InChI=1S/C19H23N3O5S/c1-15-8-10-16(11-9-15)5-4-12-20-19(23)14-21(28(2,26)27)17-6-3-7-18(13-17)22(24)25/h3,6-11,13H,4-5,12,14H2,1-2H3,(H,20,23). The number of anilines is 1. The SMILES string of the molecule is Cc1ccc(CCCNC(=O)CN(c2cccc([N+](=O)[O-])c2)S(C)(=O)=O)cc1. The van der Waals surface area contributed by atoms with Crippen LogP contribution < -0.4 is 9.62 Å². The summed E-state index contributed by atoms with van der Waals surface area (Å²) in [5.74, 6) is -0.471. The van der Waals surface area contributed by atoms with Gasteiger partial charge in [-0.15, -0.1) is 0 Å². The molecular formula is C19H23N3O5S. The van der Waals surface area contributed by atoms with Crippen LogP contribution in [0.2, 0.25) is 0 Å². The fraction of sp³-hybridized carbons (Fsp3) is 0.316. The Balaban J connectivity index is 1.95. The number of hydrogen-bond donors (Lipinski definition) is 1. The van der Waals surface area contributed by atoms with E-state index in [0.717, 1.165) is 28.6 Å². The first-order chi connectivity index (χ1) is 13.2. The summed E-state index contributed by atoms with van der Waals surface area (Å²) >= 11 is 0. The number of rotatable bonds is 9. The van der Waals surface area contributed by atoms with Gasteiger partial charge in [0.2, 0.25) is 15.9 Å². The lowest BCUT2D eigenvalue weighted by atomic mass is 10.1. The topological polar surface area (TPSA) is 110 Å². The van der Waals surface area contributed by atoms with Gasteiger partial charge in [0.15, 0.2) is 0 Å². The summed E-state index contributed by atoms with van der Waals surface area (Å²) in [5.41, 5.74) is 2.17. The lowest BCUT2D eigenvalue weighted by Crippen LogP contribution is -2.40. The molecule has 2 rings (SSSR count). The molecule has 0 saturated carbocycles. The highest BCUT2D eigenvalue weighted by Crippen LogP contribution is 2.22. The summed E-state index contributed by atoms with van der Waals surface area (Å²) in [7, 11) is -3.78. The minimum absolute atomic E-state index is 0.0755. The van der Waals surface area contributed by atoms with Crippen LogP contribution in [0.4, 0.5) is 11.4 Å². The molecule has 8 nitrogen and oxygen atoms in total. The van der Waals surface area contributed by atoms with Crippen molar-refractivity contribution in [2.75, 3.05) is 23.7 Å². The molecule has 0 unspecified atom stereocenters. The van der Waals surface area contributed by atoms with Crippen LogP contribution in [0, 0.1) is 17.0 Å². The number of sulfonamides is 1. The van der Waals surface area contributed by atoms with Gasteiger partial charge < -0.3 is 5.32 Å². The van der Waals surface area contributed by atoms with E-state index in [1.165, 1.54) is 23.8 Å². The van der Waals surface area contributed by atoms with Crippen LogP contribution in [-0.4, -0.2) is 38.6 Å². The van der Waals surface area contributed by atoms with Gasteiger partial charge in [0.25, 0.3) is 5.69 Å². The Morgan fingerprint density at radius 1 is 1.18 bits per heavy atom. The van der Waals surface area contributed by atoms with Gasteiger partial charge in [-0.05, 0) is 31.4 Å². The average Bonchev–Trinajstić information content (AvgIpc) is 2.64. The number of nitro benzene ring substituents is 1. The molecule has 0 fully saturated rings. The van der Waals surface area contributed by atoms with Gasteiger partial charge in [0, 0.05) is 18.7 Å². The van der Waals surface area contributed by atoms with E-state index in [4.69, 9.17) is 0 Å². The number of carbonyl (C=O) groups is 1. The summed E-state index contributed by atoms with van der Waals surface area (Å²) in [6.45, 7) is 1.97. The first-order valence-electron chi connectivity index (χ1n) is 8.71. The number of nitrogens with zero attached hydrogens (tertiary/aromatic N) is 2. The van der Waals surface area contributed by atoms with Crippen LogP contribution in [0.25, 0.3) is 0 Å². The number of nitro groups is 1. The van der Waals surface area contributed by atoms with E-state index in [1.807, 2.05) is 31.2 Å². The maximum Gasteiger partial charge on any atom is 0.271 e. The van der Waals surface area contributed by atoms with Crippen molar-refractivity contribution < 1.29 is 18.1 Å². The smallest absolute Gasteiger partial charge is 0.271 e. The van der Waals surface area contributed by atoms with E-state index < -0.39 is 27.4 Å². The van der Waals surface area contributed by atoms with Crippen LogP contribution in [0.1, 0.15) is 17.5 Å². The number of aryl methyl sites for hydroxylation is 2. The molecule has 0 atom stereocenters. The second-order valence-electron chi connectivity index (χ2n) is 6.49. The molecule has 0 saturated heterocycles. The van der Waals surface area contributed by atoms with Crippen molar-refractivity contribution >= 4 is 27.3 Å². The fourth-order valence-corrected chi connectivity index (χ4v) is 3.47. The molecule has 150 valence electrons. The predicted octanol–water partition coefficient (Wildman–Crippen LogP) is 2.42. The third kappa shape index (κ3) is 6.34. The van der Waals surface area contributed by atoms with Crippen LogP contribution in [-0.2, 0) is 21.2 Å². The average molecular weight is 405 g/mol. The van der Waals surface area contributed by atoms with Crippen LogP contribution in [0.15, 0.2) is 48.5 Å². The van der Waals surface area contributed by atoms with Gasteiger partial charge in [-0.25, -0.2) is 8.42 Å². The maximum absolute atomic E-state index is 12.2. The molecule has 0 radical (unpaired) electrons. The van der Waals surface area contributed by atoms with E-state index in [-0.39, 0.29) is 11.4 Å². The first kappa shape index (κ1) is 21.4. The summed E-state index contributed by atoms with van der Waals surface area (Å²) in [6.07, 6.45) is 2.46. The second-order valence-corrected chi connectivity index (χ2v) is 8.39. The zero-order valence-corrected chi connectivity index (χ0v) is 16.6. The molecule has 2 aromatic rings. The molecule has 0 heterocycles. The quantitative estimate of drug-likeness (QED) is 0.391. The van der Waals surface area contributed by atoms with Crippen LogP contribution in [0.5, 0.6) is 0 Å². The minimum Gasteiger partial charge on any atom is -0.355 e. The Hall–Kier alpha value is -2.94. The Kier molecular flexibility index (Phi) is 7.11. The first-order valence-corrected chi connectivity index (χ1v) is 10.6. The third-order valence-corrected chi connectivity index (χ3v) is 5.24. The van der Waals surface area contributed by atoms with Gasteiger partial charge in [0.05, 0.1) is 16.9 Å². The fourth-order valence-electron chi connectivity index (χ4n) is 2.62. The van der Waals surface area contributed by atoms with Gasteiger partial charge in [-0.1, -0.05) is 35.9 Å². The molecule has 1 N–H and O–H groups in total. The van der Waals surface area contributed by atoms with Crippen LogP contribution in [0.3, 0.4) is 0 Å². The molecule has 0 aliphatic carbocycles. The lowest BCUT2D eigenvalue weighted by molar-refractivity contribution is -0.384. The van der Waals surface area contributed by atoms with E-state index in [2.05, 4.69) is 5.32 Å². The van der Waals surface area contributed by atoms with E-state index in [1.54, 1.807) is 0 Å². The van der Waals surface area contributed by atoms with Crippen molar-refractivity contribution in [2.45, 2.75) is 19.8 Å². The number of non-ortho nitro benzene ring substituents is 1. The number of nitrogens with one attached hydrogen (secondary N) is 1. The van der Waals surface area contributed by atoms with Crippen molar-refractivity contribution in [3.8, 4) is 0 Å². The molecule has 0 bridgehead atoms. The van der Waals surface area contributed by atoms with Gasteiger partial charge in [-0.3, -0.25) is 19.2 Å². The predicted molar refractivity (Wildman–Crippen MR) is 108 cm³/mol. The number of hydrogen-bond acceptors (Lipinski definition) is 5. The summed E-state index contributed by atoms with van der Waals surface area (Å²) < 4.78 is 25.0. The van der Waals surface area contributed by atoms with Crippen molar-refractivity contribution in [3.63, 3.8) is 0 Å². The Labute approximate surface area is 164 Å². The number of amides is 1. The van der Waals surface area contributed by atoms with Crippen molar-refractivity contribution in [1.82, 2.24) is 5.32 Å². The Bertz CT molecular complexity index is 942. The van der Waals surface area contributed by atoms with Gasteiger partial charge in [0.1, 0.15) is 6.54 Å². The molecule has 0 aliphatic heterocycles.